The second kappa shape index (κ2) is 2.62. The molecule has 64 valence electrons. The van der Waals surface area contributed by atoms with Crippen LogP contribution in [0.3, 0.4) is 0 Å². The van der Waals surface area contributed by atoms with Crippen molar-refractivity contribution in [3.05, 3.63) is 11.6 Å². The molecule has 0 aliphatic carbocycles. The van der Waals surface area contributed by atoms with E-state index in [2.05, 4.69) is 10.3 Å². The summed E-state index contributed by atoms with van der Waals surface area (Å²) in [6.07, 6.45) is 1.98. The highest BCUT2D eigenvalue weighted by Gasteiger charge is 2.20. The third-order valence-electron chi connectivity index (χ3n) is 1.89. The molecule has 0 saturated carbocycles. The number of aromatic nitrogens is 1. The topological polar surface area (TPSA) is 55.1 Å². The lowest BCUT2D eigenvalue weighted by Crippen LogP contribution is -2.17. The third-order valence-corrected chi connectivity index (χ3v) is 1.89. The number of aryl methyl sites for hydroxylation is 2. The van der Waals surface area contributed by atoms with Crippen LogP contribution in [0.15, 0.2) is 4.42 Å². The van der Waals surface area contributed by atoms with Crippen molar-refractivity contribution in [3.8, 4) is 0 Å². The van der Waals surface area contributed by atoms with Crippen molar-refractivity contribution in [1.82, 2.24) is 4.98 Å². The average molecular weight is 166 g/mol. The Labute approximate surface area is 70.0 Å². The first-order valence-electron chi connectivity index (χ1n) is 4.08. The van der Waals surface area contributed by atoms with E-state index in [0.717, 1.165) is 12.1 Å². The number of anilines is 1. The van der Waals surface area contributed by atoms with Gasteiger partial charge in [0.15, 0.2) is 5.89 Å². The highest BCUT2D eigenvalue weighted by Crippen LogP contribution is 2.22. The van der Waals surface area contributed by atoms with Crippen LogP contribution in [0.4, 0.5) is 5.88 Å². The number of nitrogens with one attached hydrogen (secondary N) is 1. The fraction of sp³-hybridized carbons (Fsp3) is 0.500. The van der Waals surface area contributed by atoms with Gasteiger partial charge in [0.1, 0.15) is 5.69 Å². The van der Waals surface area contributed by atoms with E-state index < -0.39 is 0 Å². The number of hydrogen-bond acceptors (Lipinski definition) is 3. The van der Waals surface area contributed by atoms with Crippen molar-refractivity contribution in [2.24, 2.45) is 0 Å². The van der Waals surface area contributed by atoms with Crippen molar-refractivity contribution >= 4 is 11.8 Å². The number of rotatable bonds is 1. The quantitative estimate of drug-likeness (QED) is 0.680. The molecule has 12 heavy (non-hydrogen) atoms. The van der Waals surface area contributed by atoms with E-state index in [-0.39, 0.29) is 5.91 Å². The molecule has 1 N–H and O–H groups in total. The summed E-state index contributed by atoms with van der Waals surface area (Å²) in [5.74, 6) is 1.26. The standard InChI is InChI=1S/C8H10N2O2/c1-2-7-9-5-3-4-6(11)10-8(5)12-7/h2-4H2,1H3,(H,10,11). The zero-order valence-corrected chi connectivity index (χ0v) is 6.89. The molecule has 2 rings (SSSR count). The zero-order valence-electron chi connectivity index (χ0n) is 6.89. The van der Waals surface area contributed by atoms with Gasteiger partial charge in [-0.1, -0.05) is 6.92 Å². The van der Waals surface area contributed by atoms with Gasteiger partial charge in [0.05, 0.1) is 0 Å². The van der Waals surface area contributed by atoms with Crippen LogP contribution in [-0.4, -0.2) is 10.9 Å². The number of carbonyl (C=O) groups excluding carboxylic acids is 1. The Kier molecular flexibility index (Phi) is 1.60. The first kappa shape index (κ1) is 7.34. The molecule has 4 nitrogen and oxygen atoms in total. The molecule has 1 aliphatic heterocycles. The van der Waals surface area contributed by atoms with Crippen LogP contribution in [-0.2, 0) is 17.6 Å². The first-order valence-corrected chi connectivity index (χ1v) is 4.08. The summed E-state index contributed by atoms with van der Waals surface area (Å²) in [5.41, 5.74) is 0.881. The maximum atomic E-state index is 10.9. The molecule has 4 heteroatoms. The summed E-state index contributed by atoms with van der Waals surface area (Å²) in [7, 11) is 0. The molecule has 2 heterocycles. The second-order valence-corrected chi connectivity index (χ2v) is 2.79. The summed E-state index contributed by atoms with van der Waals surface area (Å²) in [6, 6.07) is 0. The monoisotopic (exact) mass is 166 g/mol. The van der Waals surface area contributed by atoms with Crippen LogP contribution < -0.4 is 5.32 Å². The Bertz CT molecular complexity index is 317. The van der Waals surface area contributed by atoms with Crippen molar-refractivity contribution in [1.29, 1.82) is 0 Å². The molecule has 0 atom stereocenters. The van der Waals surface area contributed by atoms with Gasteiger partial charge in [0.2, 0.25) is 11.8 Å². The van der Waals surface area contributed by atoms with Crippen molar-refractivity contribution in [3.63, 3.8) is 0 Å². The Morgan fingerprint density at radius 1 is 1.58 bits per heavy atom. The summed E-state index contributed by atoms with van der Waals surface area (Å²) in [4.78, 5) is 15.1. The Hall–Kier alpha value is -1.32. The number of carbonyl (C=O) groups is 1. The molecule has 0 spiro atoms. The van der Waals surface area contributed by atoms with E-state index in [9.17, 15) is 4.79 Å². The van der Waals surface area contributed by atoms with Crippen LogP contribution in [0.25, 0.3) is 0 Å². The van der Waals surface area contributed by atoms with Crippen LogP contribution in [0.5, 0.6) is 0 Å². The number of fused-ring (bicyclic) bond motifs is 1. The maximum absolute atomic E-state index is 10.9. The molecule has 0 unspecified atom stereocenters. The summed E-state index contributed by atoms with van der Waals surface area (Å²) >= 11 is 0. The number of nitrogens with zero attached hydrogens (tertiary/aromatic N) is 1. The minimum absolute atomic E-state index is 0.0151. The summed E-state index contributed by atoms with van der Waals surface area (Å²) in [5, 5.41) is 2.65. The predicted molar refractivity (Wildman–Crippen MR) is 42.8 cm³/mol. The number of hydrogen-bond donors (Lipinski definition) is 1. The lowest BCUT2D eigenvalue weighted by Gasteiger charge is -2.07. The van der Waals surface area contributed by atoms with Gasteiger partial charge in [-0.05, 0) is 0 Å². The SMILES string of the molecule is CCc1nc2c(o1)NC(=O)CC2. The molecule has 0 saturated heterocycles. The zero-order chi connectivity index (χ0) is 8.55. The van der Waals surface area contributed by atoms with E-state index in [1.807, 2.05) is 6.92 Å². The van der Waals surface area contributed by atoms with Crippen molar-refractivity contribution in [2.75, 3.05) is 5.32 Å². The predicted octanol–water partition coefficient (Wildman–Crippen LogP) is 1.12. The van der Waals surface area contributed by atoms with Crippen LogP contribution in [0.1, 0.15) is 24.9 Å². The number of oxazole rings is 1. The van der Waals surface area contributed by atoms with Crippen LogP contribution in [0.2, 0.25) is 0 Å². The van der Waals surface area contributed by atoms with Gasteiger partial charge in [-0.25, -0.2) is 4.98 Å². The van der Waals surface area contributed by atoms with Gasteiger partial charge < -0.3 is 4.42 Å². The van der Waals surface area contributed by atoms with Gasteiger partial charge in [-0.3, -0.25) is 10.1 Å². The van der Waals surface area contributed by atoms with Gasteiger partial charge in [-0.2, -0.15) is 0 Å². The van der Waals surface area contributed by atoms with Crippen molar-refractivity contribution < 1.29 is 9.21 Å². The molecular weight excluding hydrogens is 156 g/mol. The molecule has 1 aromatic rings. The summed E-state index contributed by atoms with van der Waals surface area (Å²) < 4.78 is 5.28. The van der Waals surface area contributed by atoms with E-state index in [1.54, 1.807) is 0 Å². The fourth-order valence-corrected chi connectivity index (χ4v) is 1.24. The number of amides is 1. The second-order valence-electron chi connectivity index (χ2n) is 2.79. The molecular formula is C8H10N2O2. The van der Waals surface area contributed by atoms with Crippen LogP contribution >= 0.6 is 0 Å². The van der Waals surface area contributed by atoms with E-state index in [0.29, 0.717) is 24.6 Å². The minimum atomic E-state index is 0.0151. The molecule has 0 aromatic carbocycles. The normalized spacial score (nSPS) is 15.6. The van der Waals surface area contributed by atoms with Gasteiger partial charge >= 0.3 is 0 Å². The molecule has 1 aromatic heterocycles. The molecule has 0 radical (unpaired) electrons. The Morgan fingerprint density at radius 2 is 2.42 bits per heavy atom. The molecule has 0 bridgehead atoms. The van der Waals surface area contributed by atoms with Gasteiger partial charge in [0.25, 0.3) is 0 Å². The highest BCUT2D eigenvalue weighted by atomic mass is 16.4. The Balaban J connectivity index is 2.34. The molecule has 1 amide bonds. The molecule has 1 aliphatic rings. The third kappa shape index (κ3) is 1.09. The minimum Gasteiger partial charge on any atom is -0.425 e. The fourth-order valence-electron chi connectivity index (χ4n) is 1.24. The first-order chi connectivity index (χ1) is 5.79. The van der Waals surface area contributed by atoms with Gasteiger partial charge in [-0.15, -0.1) is 0 Å². The lowest BCUT2D eigenvalue weighted by atomic mass is 10.2. The van der Waals surface area contributed by atoms with E-state index >= 15 is 0 Å². The average Bonchev–Trinajstić information content (AvgIpc) is 2.46. The van der Waals surface area contributed by atoms with Crippen molar-refractivity contribution in [2.45, 2.75) is 26.2 Å². The van der Waals surface area contributed by atoms with E-state index in [1.165, 1.54) is 0 Å². The smallest absolute Gasteiger partial charge is 0.227 e. The van der Waals surface area contributed by atoms with Crippen LogP contribution in [0, 0.1) is 0 Å². The summed E-state index contributed by atoms with van der Waals surface area (Å²) in [6.45, 7) is 1.97. The Morgan fingerprint density at radius 3 is 3.17 bits per heavy atom. The lowest BCUT2D eigenvalue weighted by molar-refractivity contribution is -0.116. The maximum Gasteiger partial charge on any atom is 0.227 e. The largest absolute Gasteiger partial charge is 0.425 e. The highest BCUT2D eigenvalue weighted by molar-refractivity contribution is 5.91. The van der Waals surface area contributed by atoms with Gasteiger partial charge in [0, 0.05) is 19.3 Å². The van der Waals surface area contributed by atoms with E-state index in [4.69, 9.17) is 4.42 Å². The molecule has 0 fully saturated rings.